The highest BCUT2D eigenvalue weighted by Gasteiger charge is 2.20. The van der Waals surface area contributed by atoms with E-state index in [-0.39, 0.29) is 0 Å². The third kappa shape index (κ3) is 11.4. The molecule has 0 saturated heterocycles. The molecule has 144 valence electrons. The Morgan fingerprint density at radius 3 is 2.38 bits per heavy atom. The monoisotopic (exact) mass is 342 g/mol. The van der Waals surface area contributed by atoms with E-state index in [1.54, 1.807) is 0 Å². The van der Waals surface area contributed by atoms with Crippen molar-refractivity contribution in [3.63, 3.8) is 0 Å². The van der Waals surface area contributed by atoms with Crippen molar-refractivity contribution in [1.29, 1.82) is 0 Å². The van der Waals surface area contributed by atoms with Crippen molar-refractivity contribution in [3.8, 4) is 0 Å². The number of nitrogens with one attached hydrogen (secondary N) is 1. The van der Waals surface area contributed by atoms with Gasteiger partial charge in [0.05, 0.1) is 12.7 Å². The predicted molar refractivity (Wildman–Crippen MR) is 103 cm³/mol. The number of hydrogen-bond acceptors (Lipinski definition) is 4. The van der Waals surface area contributed by atoms with Gasteiger partial charge in [-0.3, -0.25) is 0 Å². The molecular formula is C20H42N2O2. The number of nitrogens with zero attached hydrogens (tertiary/aromatic N) is 1. The molecule has 0 bridgehead atoms. The van der Waals surface area contributed by atoms with Crippen molar-refractivity contribution in [2.45, 2.75) is 83.8 Å². The van der Waals surface area contributed by atoms with Crippen molar-refractivity contribution >= 4 is 0 Å². The van der Waals surface area contributed by atoms with Crippen molar-refractivity contribution in [2.75, 3.05) is 46.5 Å². The second-order valence-corrected chi connectivity index (χ2v) is 7.21. The summed E-state index contributed by atoms with van der Waals surface area (Å²) in [6, 6.07) is 0.740. The molecule has 0 aromatic carbocycles. The second kappa shape index (κ2) is 15.1. The van der Waals surface area contributed by atoms with Gasteiger partial charge < -0.3 is 19.7 Å². The number of likely N-dealkylation sites (N-methyl/N-ethyl adjacent to an activating group) is 1. The molecule has 4 nitrogen and oxygen atoms in total. The van der Waals surface area contributed by atoms with Crippen LogP contribution in [0.25, 0.3) is 0 Å². The Morgan fingerprint density at radius 1 is 0.917 bits per heavy atom. The normalized spacial score (nSPS) is 21.5. The van der Waals surface area contributed by atoms with Crippen LogP contribution in [0.5, 0.6) is 0 Å². The summed E-state index contributed by atoms with van der Waals surface area (Å²) in [5, 5.41) is 3.64. The van der Waals surface area contributed by atoms with Gasteiger partial charge >= 0.3 is 0 Å². The van der Waals surface area contributed by atoms with Gasteiger partial charge in [-0.1, -0.05) is 19.8 Å². The molecule has 1 fully saturated rings. The first-order valence-corrected chi connectivity index (χ1v) is 10.4. The van der Waals surface area contributed by atoms with Gasteiger partial charge in [-0.05, 0) is 72.0 Å². The first-order chi connectivity index (χ1) is 11.8. The lowest BCUT2D eigenvalue weighted by molar-refractivity contribution is 0.0204. The lowest BCUT2D eigenvalue weighted by atomic mass is 9.93. The van der Waals surface area contributed by atoms with Crippen molar-refractivity contribution in [1.82, 2.24) is 10.2 Å². The molecule has 0 radical (unpaired) electrons. The largest absolute Gasteiger partial charge is 0.380 e. The fourth-order valence-electron chi connectivity index (χ4n) is 3.35. The average molecular weight is 343 g/mol. The molecule has 1 aliphatic rings. The predicted octanol–water partition coefficient (Wildman–Crippen LogP) is 3.84. The molecule has 0 aromatic heterocycles. The topological polar surface area (TPSA) is 33.7 Å². The number of hydrogen-bond donors (Lipinski definition) is 1. The summed E-state index contributed by atoms with van der Waals surface area (Å²) in [5.74, 6) is 0. The first kappa shape index (κ1) is 21.9. The first-order valence-electron chi connectivity index (χ1n) is 10.4. The summed E-state index contributed by atoms with van der Waals surface area (Å²) in [6.07, 6.45) is 11.9. The summed E-state index contributed by atoms with van der Waals surface area (Å²) in [5.41, 5.74) is 0. The lowest BCUT2D eigenvalue weighted by Crippen LogP contribution is -2.35. The van der Waals surface area contributed by atoms with Crippen molar-refractivity contribution < 1.29 is 9.47 Å². The van der Waals surface area contributed by atoms with Crippen LogP contribution in [-0.2, 0) is 9.47 Å². The maximum absolute atomic E-state index is 6.07. The summed E-state index contributed by atoms with van der Waals surface area (Å²) in [7, 11) is 2.19. The summed E-state index contributed by atoms with van der Waals surface area (Å²) in [4.78, 5) is 2.37. The molecule has 1 rings (SSSR count). The molecule has 0 heterocycles. The Morgan fingerprint density at radius 2 is 1.67 bits per heavy atom. The average Bonchev–Trinajstić information content (AvgIpc) is 2.60. The quantitative estimate of drug-likeness (QED) is 0.458. The van der Waals surface area contributed by atoms with Gasteiger partial charge in [-0.2, -0.15) is 0 Å². The van der Waals surface area contributed by atoms with Gasteiger partial charge in [0.1, 0.15) is 0 Å². The van der Waals surface area contributed by atoms with Gasteiger partial charge in [-0.15, -0.1) is 0 Å². The molecule has 0 spiro atoms. The molecule has 0 atom stereocenters. The highest BCUT2D eigenvalue weighted by molar-refractivity contribution is 4.77. The van der Waals surface area contributed by atoms with E-state index in [1.165, 1.54) is 64.3 Å². The van der Waals surface area contributed by atoms with Crippen LogP contribution in [0, 0.1) is 0 Å². The van der Waals surface area contributed by atoms with E-state index < -0.39 is 0 Å². The van der Waals surface area contributed by atoms with E-state index in [4.69, 9.17) is 9.47 Å². The third-order valence-electron chi connectivity index (χ3n) is 4.97. The van der Waals surface area contributed by atoms with Crippen LogP contribution in [0.4, 0.5) is 0 Å². The Kier molecular flexibility index (Phi) is 13.8. The van der Waals surface area contributed by atoms with Gasteiger partial charge in [0.15, 0.2) is 0 Å². The lowest BCUT2D eigenvalue weighted by Gasteiger charge is -2.29. The van der Waals surface area contributed by atoms with E-state index >= 15 is 0 Å². The molecular weight excluding hydrogens is 300 g/mol. The smallest absolute Gasteiger partial charge is 0.0593 e. The molecule has 4 heteroatoms. The van der Waals surface area contributed by atoms with Gasteiger partial charge in [0.2, 0.25) is 0 Å². The molecule has 24 heavy (non-hydrogen) atoms. The Hall–Kier alpha value is -0.160. The molecule has 0 aliphatic heterocycles. The fraction of sp³-hybridized carbons (Fsp3) is 1.00. The van der Waals surface area contributed by atoms with E-state index in [0.717, 1.165) is 39.0 Å². The van der Waals surface area contributed by atoms with Crippen molar-refractivity contribution in [3.05, 3.63) is 0 Å². The second-order valence-electron chi connectivity index (χ2n) is 7.21. The number of ether oxygens (including phenoxy) is 2. The fourth-order valence-corrected chi connectivity index (χ4v) is 3.35. The van der Waals surface area contributed by atoms with Crippen LogP contribution in [0.1, 0.15) is 71.6 Å². The van der Waals surface area contributed by atoms with Gasteiger partial charge in [0.25, 0.3) is 0 Å². The Balaban J connectivity index is 1.85. The standard InChI is InChI=1S/C20H42N2O2/c1-4-14-21-19-10-12-20(13-11-19)24-17-9-7-6-8-15-22(3)16-18-23-5-2/h19-21H,4-18H2,1-3H3/t19-,20-. The van der Waals surface area contributed by atoms with Gasteiger partial charge in [0, 0.05) is 25.8 Å². The van der Waals surface area contributed by atoms with E-state index in [2.05, 4.69) is 31.1 Å². The van der Waals surface area contributed by atoms with Crippen LogP contribution in [0.3, 0.4) is 0 Å². The van der Waals surface area contributed by atoms with E-state index in [9.17, 15) is 0 Å². The SMILES string of the molecule is CCCN[C@H]1CC[C@H](OCCCCCCN(C)CCOCC)CC1. The maximum Gasteiger partial charge on any atom is 0.0593 e. The molecule has 0 amide bonds. The van der Waals surface area contributed by atoms with Crippen molar-refractivity contribution in [2.24, 2.45) is 0 Å². The van der Waals surface area contributed by atoms with Crippen LogP contribution in [-0.4, -0.2) is 63.5 Å². The minimum atomic E-state index is 0.523. The summed E-state index contributed by atoms with van der Waals surface area (Å²) >= 11 is 0. The third-order valence-corrected chi connectivity index (χ3v) is 4.97. The van der Waals surface area contributed by atoms with E-state index in [1.807, 2.05) is 0 Å². The highest BCUT2D eigenvalue weighted by atomic mass is 16.5. The minimum absolute atomic E-state index is 0.523. The number of unbranched alkanes of at least 4 members (excludes halogenated alkanes) is 3. The van der Waals surface area contributed by atoms with Crippen LogP contribution in [0.2, 0.25) is 0 Å². The molecule has 0 aromatic rings. The Bertz CT molecular complexity index is 268. The van der Waals surface area contributed by atoms with Gasteiger partial charge in [-0.25, -0.2) is 0 Å². The minimum Gasteiger partial charge on any atom is -0.380 e. The van der Waals surface area contributed by atoms with Crippen LogP contribution in [0.15, 0.2) is 0 Å². The van der Waals surface area contributed by atoms with E-state index in [0.29, 0.717) is 6.10 Å². The molecule has 1 aliphatic carbocycles. The Labute approximate surface area is 150 Å². The summed E-state index contributed by atoms with van der Waals surface area (Å²) in [6.45, 7) is 10.3. The molecule has 1 N–H and O–H groups in total. The summed E-state index contributed by atoms with van der Waals surface area (Å²) < 4.78 is 11.5. The molecule has 0 unspecified atom stereocenters. The molecule has 1 saturated carbocycles. The van der Waals surface area contributed by atoms with Crippen LogP contribution < -0.4 is 5.32 Å². The zero-order valence-corrected chi connectivity index (χ0v) is 16.5. The zero-order chi connectivity index (χ0) is 17.5. The van der Waals surface area contributed by atoms with Crippen LogP contribution >= 0.6 is 0 Å². The highest BCUT2D eigenvalue weighted by Crippen LogP contribution is 2.21. The maximum atomic E-state index is 6.07. The zero-order valence-electron chi connectivity index (χ0n) is 16.5. The number of rotatable bonds is 15.